The number of rotatable bonds is 4. The van der Waals surface area contributed by atoms with Crippen molar-refractivity contribution in [3.05, 3.63) is 23.8 Å². The van der Waals surface area contributed by atoms with Crippen LogP contribution in [0, 0.1) is 11.8 Å². The SMILES string of the molecule is C=C(C)[C@H]1CC=C(C[NH+]2CCC[C@H](CO)C2)CC1. The van der Waals surface area contributed by atoms with E-state index in [1.807, 2.05) is 0 Å². The Balaban J connectivity index is 1.81. The quantitative estimate of drug-likeness (QED) is 0.728. The largest absolute Gasteiger partial charge is 0.396 e. The molecule has 1 unspecified atom stereocenters. The lowest BCUT2D eigenvalue weighted by Crippen LogP contribution is -3.13. The lowest BCUT2D eigenvalue weighted by atomic mass is 9.85. The van der Waals surface area contributed by atoms with Crippen LogP contribution in [-0.4, -0.2) is 31.3 Å². The fraction of sp³-hybridized carbons (Fsp3) is 0.750. The van der Waals surface area contributed by atoms with Crippen molar-refractivity contribution in [1.82, 2.24) is 0 Å². The summed E-state index contributed by atoms with van der Waals surface area (Å²) in [5.74, 6) is 1.26. The smallest absolute Gasteiger partial charge is 0.0987 e. The molecule has 1 aliphatic heterocycles. The van der Waals surface area contributed by atoms with Gasteiger partial charge in [-0.05, 0) is 50.5 Å². The predicted molar refractivity (Wildman–Crippen MR) is 75.6 cm³/mol. The maximum Gasteiger partial charge on any atom is 0.0987 e. The highest BCUT2D eigenvalue weighted by Gasteiger charge is 2.24. The zero-order valence-electron chi connectivity index (χ0n) is 11.8. The number of allylic oxidation sites excluding steroid dienone is 2. The summed E-state index contributed by atoms with van der Waals surface area (Å²) in [6, 6.07) is 0. The molecule has 0 aromatic carbocycles. The van der Waals surface area contributed by atoms with Gasteiger partial charge < -0.3 is 10.0 Å². The number of hydrogen-bond acceptors (Lipinski definition) is 1. The third-order valence-electron chi connectivity index (χ3n) is 4.66. The van der Waals surface area contributed by atoms with Crippen molar-refractivity contribution >= 4 is 0 Å². The van der Waals surface area contributed by atoms with Crippen LogP contribution < -0.4 is 4.90 Å². The Labute approximate surface area is 111 Å². The van der Waals surface area contributed by atoms with E-state index in [2.05, 4.69) is 19.6 Å². The van der Waals surface area contributed by atoms with Gasteiger partial charge in [-0.1, -0.05) is 18.2 Å². The third kappa shape index (κ3) is 3.69. The Morgan fingerprint density at radius 2 is 2.33 bits per heavy atom. The molecule has 1 fully saturated rings. The molecule has 0 spiro atoms. The summed E-state index contributed by atoms with van der Waals surface area (Å²) >= 11 is 0. The first-order chi connectivity index (χ1) is 8.69. The van der Waals surface area contributed by atoms with Gasteiger partial charge in [0.15, 0.2) is 0 Å². The van der Waals surface area contributed by atoms with E-state index >= 15 is 0 Å². The second-order valence-electron chi connectivity index (χ2n) is 6.25. The molecule has 102 valence electrons. The molecule has 0 aromatic heterocycles. The molecule has 1 heterocycles. The molecule has 0 radical (unpaired) electrons. The van der Waals surface area contributed by atoms with Crippen molar-refractivity contribution in [1.29, 1.82) is 0 Å². The lowest BCUT2D eigenvalue weighted by molar-refractivity contribution is -0.904. The Bertz CT molecular complexity index is 321. The fourth-order valence-electron chi connectivity index (χ4n) is 3.39. The average Bonchev–Trinajstić information content (AvgIpc) is 2.39. The van der Waals surface area contributed by atoms with E-state index in [1.165, 1.54) is 50.8 Å². The van der Waals surface area contributed by atoms with Crippen LogP contribution in [0.3, 0.4) is 0 Å². The zero-order chi connectivity index (χ0) is 13.0. The maximum atomic E-state index is 9.27. The molecule has 2 nitrogen and oxygen atoms in total. The van der Waals surface area contributed by atoms with Crippen molar-refractivity contribution < 1.29 is 10.0 Å². The highest BCUT2D eigenvalue weighted by atomic mass is 16.3. The second kappa shape index (κ2) is 6.53. The molecule has 0 aromatic rings. The number of aliphatic hydroxyl groups excluding tert-OH is 1. The molecule has 18 heavy (non-hydrogen) atoms. The normalized spacial score (nSPS) is 33.0. The Morgan fingerprint density at radius 1 is 1.50 bits per heavy atom. The monoisotopic (exact) mass is 250 g/mol. The van der Waals surface area contributed by atoms with Gasteiger partial charge in [-0.3, -0.25) is 0 Å². The molecule has 2 heteroatoms. The molecule has 3 atom stereocenters. The van der Waals surface area contributed by atoms with Crippen LogP contribution in [0.25, 0.3) is 0 Å². The van der Waals surface area contributed by atoms with Crippen molar-refractivity contribution in [3.8, 4) is 0 Å². The number of nitrogens with one attached hydrogen (secondary N) is 1. The summed E-state index contributed by atoms with van der Waals surface area (Å²) in [7, 11) is 0. The Morgan fingerprint density at radius 3 is 2.94 bits per heavy atom. The molecular weight excluding hydrogens is 222 g/mol. The second-order valence-corrected chi connectivity index (χ2v) is 6.25. The number of likely N-dealkylation sites (tertiary alicyclic amines) is 1. The highest BCUT2D eigenvalue weighted by Crippen LogP contribution is 2.27. The fourth-order valence-corrected chi connectivity index (χ4v) is 3.39. The molecule has 0 saturated carbocycles. The Kier molecular flexibility index (Phi) is 5.02. The van der Waals surface area contributed by atoms with E-state index < -0.39 is 0 Å². The van der Waals surface area contributed by atoms with Crippen LogP contribution in [0.2, 0.25) is 0 Å². The molecule has 0 bridgehead atoms. The first-order valence-electron chi connectivity index (χ1n) is 7.46. The minimum atomic E-state index is 0.375. The summed E-state index contributed by atoms with van der Waals surface area (Å²) in [5.41, 5.74) is 2.98. The molecule has 1 saturated heterocycles. The highest BCUT2D eigenvalue weighted by molar-refractivity contribution is 5.12. The van der Waals surface area contributed by atoms with Gasteiger partial charge in [-0.15, -0.1) is 0 Å². The van der Waals surface area contributed by atoms with Crippen LogP contribution in [0.1, 0.15) is 39.0 Å². The van der Waals surface area contributed by atoms with E-state index in [0.717, 1.165) is 12.5 Å². The number of quaternary nitrogens is 1. The molecule has 2 N–H and O–H groups in total. The predicted octanol–water partition coefficient (Wildman–Crippen LogP) is 1.58. The van der Waals surface area contributed by atoms with Crippen molar-refractivity contribution in [2.45, 2.75) is 39.0 Å². The van der Waals surface area contributed by atoms with Gasteiger partial charge in [0.2, 0.25) is 0 Å². The third-order valence-corrected chi connectivity index (χ3v) is 4.66. The average molecular weight is 250 g/mol. The van der Waals surface area contributed by atoms with E-state index in [9.17, 15) is 5.11 Å². The molecule has 2 aliphatic rings. The first-order valence-corrected chi connectivity index (χ1v) is 7.46. The molecule has 0 amide bonds. The van der Waals surface area contributed by atoms with Crippen LogP contribution in [0.4, 0.5) is 0 Å². The molecule has 2 rings (SSSR count). The first kappa shape index (κ1) is 13.8. The van der Waals surface area contributed by atoms with E-state index in [0.29, 0.717) is 12.5 Å². The minimum Gasteiger partial charge on any atom is -0.396 e. The van der Waals surface area contributed by atoms with Crippen LogP contribution in [-0.2, 0) is 0 Å². The minimum absolute atomic E-state index is 0.375. The van der Waals surface area contributed by atoms with E-state index in [1.54, 1.807) is 10.5 Å². The van der Waals surface area contributed by atoms with Gasteiger partial charge in [0.1, 0.15) is 0 Å². The summed E-state index contributed by atoms with van der Waals surface area (Å²) in [5, 5.41) is 9.27. The van der Waals surface area contributed by atoms with Crippen LogP contribution in [0.15, 0.2) is 23.8 Å². The Hall–Kier alpha value is -0.600. The topological polar surface area (TPSA) is 24.7 Å². The van der Waals surface area contributed by atoms with Crippen LogP contribution in [0.5, 0.6) is 0 Å². The van der Waals surface area contributed by atoms with Crippen molar-refractivity contribution in [3.63, 3.8) is 0 Å². The standard InChI is InChI=1S/C16H27NO/c1-13(2)16-7-5-14(6-8-16)10-17-9-3-4-15(11-17)12-18/h5,15-16,18H,1,3-4,6-12H2,2H3/p+1/t15-,16-/m0/s1. The van der Waals surface area contributed by atoms with Gasteiger partial charge in [-0.2, -0.15) is 0 Å². The van der Waals surface area contributed by atoms with Crippen LogP contribution >= 0.6 is 0 Å². The molecule has 1 aliphatic carbocycles. The van der Waals surface area contributed by atoms with E-state index in [-0.39, 0.29) is 0 Å². The number of aliphatic hydroxyl groups is 1. The van der Waals surface area contributed by atoms with Gasteiger partial charge >= 0.3 is 0 Å². The number of hydrogen-bond donors (Lipinski definition) is 2. The van der Waals surface area contributed by atoms with Gasteiger partial charge in [0.05, 0.1) is 26.2 Å². The van der Waals surface area contributed by atoms with E-state index in [4.69, 9.17) is 0 Å². The summed E-state index contributed by atoms with van der Waals surface area (Å²) in [4.78, 5) is 1.68. The zero-order valence-corrected chi connectivity index (χ0v) is 11.8. The number of piperidine rings is 1. The summed E-state index contributed by atoms with van der Waals surface area (Å²) in [6.45, 7) is 10.3. The summed E-state index contributed by atoms with van der Waals surface area (Å²) < 4.78 is 0. The van der Waals surface area contributed by atoms with Gasteiger partial charge in [0, 0.05) is 5.92 Å². The van der Waals surface area contributed by atoms with Crippen molar-refractivity contribution in [2.24, 2.45) is 11.8 Å². The van der Waals surface area contributed by atoms with Gasteiger partial charge in [-0.25, -0.2) is 0 Å². The lowest BCUT2D eigenvalue weighted by Gasteiger charge is -2.31. The van der Waals surface area contributed by atoms with Crippen molar-refractivity contribution in [2.75, 3.05) is 26.2 Å². The van der Waals surface area contributed by atoms with Gasteiger partial charge in [0.25, 0.3) is 0 Å². The summed E-state index contributed by atoms with van der Waals surface area (Å²) in [6.07, 6.45) is 8.70. The maximum absolute atomic E-state index is 9.27. The molecular formula is C16H28NO+.